The Morgan fingerprint density at radius 3 is 2.43 bits per heavy atom. The molecule has 0 aromatic heterocycles. The van der Waals surface area contributed by atoms with Crippen molar-refractivity contribution >= 4 is 0 Å². The Balaban J connectivity index is 2.76. The van der Waals surface area contributed by atoms with Gasteiger partial charge in [-0.2, -0.15) is 0 Å². The smallest absolute Gasteiger partial charge is 0.161 e. The first-order chi connectivity index (χ1) is 10.3. The minimum atomic E-state index is -0.114. The van der Waals surface area contributed by atoms with Crippen LogP contribution in [-0.2, 0) is 9.47 Å². The normalized spacial score (nSPS) is 12.2. The van der Waals surface area contributed by atoms with Crippen LogP contribution in [0.25, 0.3) is 0 Å². The summed E-state index contributed by atoms with van der Waals surface area (Å²) in [6, 6.07) is 5.66. The Hall–Kier alpha value is -1.34. The van der Waals surface area contributed by atoms with Crippen molar-refractivity contribution < 1.29 is 18.9 Å². The monoisotopic (exact) mass is 298 g/mol. The second kappa shape index (κ2) is 10.4. The maximum atomic E-state index is 5.61. The van der Waals surface area contributed by atoms with Crippen molar-refractivity contribution in [3.63, 3.8) is 0 Å². The van der Waals surface area contributed by atoms with Gasteiger partial charge in [0.05, 0.1) is 39.1 Å². The topological polar surface area (TPSA) is 75.0 Å². The second-order valence-electron chi connectivity index (χ2n) is 4.36. The molecular weight excluding hydrogens is 272 g/mol. The van der Waals surface area contributed by atoms with E-state index in [0.717, 1.165) is 11.3 Å². The lowest BCUT2D eigenvalue weighted by molar-refractivity contribution is 0.0585. The number of methoxy groups -OCH3 is 1. The average Bonchev–Trinajstić information content (AvgIpc) is 2.50. The van der Waals surface area contributed by atoms with E-state index in [9.17, 15) is 0 Å². The number of benzene rings is 1. The SMILES string of the molecule is CCOc1ccc(C(COCCOC)NN)cc1OCC. The summed E-state index contributed by atoms with van der Waals surface area (Å²) >= 11 is 0. The lowest BCUT2D eigenvalue weighted by Gasteiger charge is -2.19. The molecule has 0 heterocycles. The molecule has 6 heteroatoms. The first kappa shape index (κ1) is 17.7. The quantitative estimate of drug-likeness (QED) is 0.367. The van der Waals surface area contributed by atoms with Crippen LogP contribution in [0, 0.1) is 0 Å². The second-order valence-corrected chi connectivity index (χ2v) is 4.36. The molecule has 0 aliphatic carbocycles. The summed E-state index contributed by atoms with van der Waals surface area (Å²) in [6.07, 6.45) is 0. The van der Waals surface area contributed by atoms with Crippen LogP contribution in [0.15, 0.2) is 18.2 Å². The zero-order chi connectivity index (χ0) is 15.5. The van der Waals surface area contributed by atoms with E-state index < -0.39 is 0 Å². The minimum absolute atomic E-state index is 0.114. The number of hydrogen-bond acceptors (Lipinski definition) is 6. The van der Waals surface area contributed by atoms with Crippen LogP contribution < -0.4 is 20.7 Å². The number of ether oxygens (including phenoxy) is 4. The summed E-state index contributed by atoms with van der Waals surface area (Å²) in [5.41, 5.74) is 3.74. The highest BCUT2D eigenvalue weighted by Crippen LogP contribution is 2.30. The van der Waals surface area contributed by atoms with Gasteiger partial charge in [-0.25, -0.2) is 0 Å². The van der Waals surface area contributed by atoms with Crippen molar-refractivity contribution in [3.8, 4) is 11.5 Å². The van der Waals surface area contributed by atoms with E-state index in [0.29, 0.717) is 38.8 Å². The fraction of sp³-hybridized carbons (Fsp3) is 0.600. The van der Waals surface area contributed by atoms with Crippen molar-refractivity contribution in [2.24, 2.45) is 5.84 Å². The van der Waals surface area contributed by atoms with E-state index in [-0.39, 0.29) is 6.04 Å². The molecule has 0 amide bonds. The fourth-order valence-corrected chi connectivity index (χ4v) is 1.87. The van der Waals surface area contributed by atoms with Gasteiger partial charge in [-0.15, -0.1) is 0 Å². The molecule has 1 aromatic rings. The van der Waals surface area contributed by atoms with E-state index in [2.05, 4.69) is 5.43 Å². The van der Waals surface area contributed by atoms with Gasteiger partial charge in [-0.1, -0.05) is 6.07 Å². The fourth-order valence-electron chi connectivity index (χ4n) is 1.87. The Bertz CT molecular complexity index is 401. The van der Waals surface area contributed by atoms with Crippen LogP contribution in [0.4, 0.5) is 0 Å². The zero-order valence-electron chi connectivity index (χ0n) is 13.1. The van der Waals surface area contributed by atoms with Gasteiger partial charge in [-0.3, -0.25) is 11.3 Å². The number of nitrogens with one attached hydrogen (secondary N) is 1. The summed E-state index contributed by atoms with van der Waals surface area (Å²) in [5, 5.41) is 0. The van der Waals surface area contributed by atoms with Crippen LogP contribution in [0.1, 0.15) is 25.5 Å². The average molecular weight is 298 g/mol. The molecule has 0 spiro atoms. The Morgan fingerprint density at radius 2 is 1.81 bits per heavy atom. The van der Waals surface area contributed by atoms with Gasteiger partial charge in [0.2, 0.25) is 0 Å². The lowest BCUT2D eigenvalue weighted by Crippen LogP contribution is -2.31. The Labute approximate surface area is 126 Å². The van der Waals surface area contributed by atoms with Gasteiger partial charge in [0, 0.05) is 7.11 Å². The number of rotatable bonds is 11. The highest BCUT2D eigenvalue weighted by atomic mass is 16.5. The molecule has 0 radical (unpaired) electrons. The summed E-state index contributed by atoms with van der Waals surface area (Å²) in [4.78, 5) is 0. The summed E-state index contributed by atoms with van der Waals surface area (Å²) in [5.74, 6) is 7.06. The molecule has 0 aliphatic rings. The highest BCUT2D eigenvalue weighted by Gasteiger charge is 2.14. The van der Waals surface area contributed by atoms with Gasteiger partial charge in [0.1, 0.15) is 0 Å². The van der Waals surface area contributed by atoms with E-state index in [1.54, 1.807) is 7.11 Å². The van der Waals surface area contributed by atoms with Crippen LogP contribution >= 0.6 is 0 Å². The van der Waals surface area contributed by atoms with Crippen molar-refractivity contribution in [3.05, 3.63) is 23.8 Å². The van der Waals surface area contributed by atoms with Gasteiger partial charge < -0.3 is 18.9 Å². The predicted octanol–water partition coefficient (Wildman–Crippen LogP) is 1.65. The maximum Gasteiger partial charge on any atom is 0.161 e. The molecule has 1 aromatic carbocycles. The van der Waals surface area contributed by atoms with Crippen LogP contribution in [0.5, 0.6) is 11.5 Å². The Kier molecular flexibility index (Phi) is 8.77. The van der Waals surface area contributed by atoms with E-state index in [1.165, 1.54) is 0 Å². The van der Waals surface area contributed by atoms with Gasteiger partial charge in [-0.05, 0) is 31.5 Å². The highest BCUT2D eigenvalue weighted by molar-refractivity contribution is 5.44. The number of hydrogen-bond donors (Lipinski definition) is 2. The molecule has 21 heavy (non-hydrogen) atoms. The number of hydrazine groups is 1. The zero-order valence-corrected chi connectivity index (χ0v) is 13.1. The first-order valence-electron chi connectivity index (χ1n) is 7.19. The molecule has 1 unspecified atom stereocenters. The summed E-state index contributed by atoms with van der Waals surface area (Å²) in [7, 11) is 1.64. The van der Waals surface area contributed by atoms with Crippen molar-refractivity contribution in [1.82, 2.24) is 5.43 Å². The molecule has 0 saturated heterocycles. The van der Waals surface area contributed by atoms with E-state index in [4.69, 9.17) is 24.8 Å². The van der Waals surface area contributed by atoms with E-state index in [1.807, 2.05) is 32.0 Å². The third-order valence-electron chi connectivity index (χ3n) is 2.89. The molecule has 0 saturated carbocycles. The summed E-state index contributed by atoms with van der Waals surface area (Å²) < 4.78 is 21.6. The van der Waals surface area contributed by atoms with Crippen LogP contribution in [0.2, 0.25) is 0 Å². The van der Waals surface area contributed by atoms with Gasteiger partial charge >= 0.3 is 0 Å². The Morgan fingerprint density at radius 1 is 1.10 bits per heavy atom. The molecule has 1 rings (SSSR count). The van der Waals surface area contributed by atoms with Crippen LogP contribution in [-0.4, -0.2) is 40.1 Å². The minimum Gasteiger partial charge on any atom is -0.490 e. The standard InChI is InChI=1S/C15H26N2O4/c1-4-20-14-7-6-12(10-15(14)21-5-2)13(17-16)11-19-9-8-18-3/h6-7,10,13,17H,4-5,8-9,11,16H2,1-3H3. The molecule has 0 bridgehead atoms. The molecule has 0 fully saturated rings. The molecule has 1 atom stereocenters. The molecular formula is C15H26N2O4. The van der Waals surface area contributed by atoms with Crippen LogP contribution in [0.3, 0.4) is 0 Å². The largest absolute Gasteiger partial charge is 0.490 e. The third kappa shape index (κ3) is 5.89. The summed E-state index contributed by atoms with van der Waals surface area (Å²) in [6.45, 7) is 6.60. The lowest BCUT2D eigenvalue weighted by atomic mass is 10.1. The molecule has 0 aliphatic heterocycles. The van der Waals surface area contributed by atoms with Crippen molar-refractivity contribution in [2.75, 3.05) is 40.1 Å². The third-order valence-corrected chi connectivity index (χ3v) is 2.89. The maximum absolute atomic E-state index is 5.61. The molecule has 120 valence electrons. The van der Waals surface area contributed by atoms with Gasteiger partial charge in [0.25, 0.3) is 0 Å². The predicted molar refractivity (Wildman–Crippen MR) is 81.5 cm³/mol. The number of nitrogens with two attached hydrogens (primary N) is 1. The van der Waals surface area contributed by atoms with E-state index >= 15 is 0 Å². The van der Waals surface area contributed by atoms with Crippen molar-refractivity contribution in [2.45, 2.75) is 19.9 Å². The van der Waals surface area contributed by atoms with Gasteiger partial charge in [0.15, 0.2) is 11.5 Å². The van der Waals surface area contributed by atoms with Crippen molar-refractivity contribution in [1.29, 1.82) is 0 Å². The molecule has 6 nitrogen and oxygen atoms in total. The molecule has 3 N–H and O–H groups in total. The first-order valence-corrected chi connectivity index (χ1v) is 7.19.